The van der Waals surface area contributed by atoms with Gasteiger partial charge in [-0.25, -0.2) is 0 Å². The van der Waals surface area contributed by atoms with Gasteiger partial charge in [-0.2, -0.15) is 4.98 Å². The first-order chi connectivity index (χ1) is 10.7. The van der Waals surface area contributed by atoms with Gasteiger partial charge in [0.2, 0.25) is 5.89 Å². The number of carbonyl (C=O) groups is 1. The number of nitrogens with zero attached hydrogens (tertiary/aromatic N) is 3. The minimum Gasteiger partial charge on any atom is -0.337 e. The highest BCUT2D eigenvalue weighted by molar-refractivity contribution is 5.94. The van der Waals surface area contributed by atoms with E-state index in [0.717, 1.165) is 31.5 Å². The molecule has 4 rings (SSSR count). The summed E-state index contributed by atoms with van der Waals surface area (Å²) in [5, 5.41) is 4.01. The SMILES string of the molecule is O=C(c1ccc[nH]c1=O)N1CCCC1c1nc(C2CC2)no1. The monoisotopic (exact) mass is 300 g/mol. The molecule has 114 valence electrons. The van der Waals surface area contributed by atoms with Crippen molar-refractivity contribution in [1.82, 2.24) is 20.0 Å². The molecule has 1 aliphatic heterocycles. The normalized spacial score (nSPS) is 21.3. The van der Waals surface area contributed by atoms with Crippen LogP contribution in [0.4, 0.5) is 0 Å². The molecule has 22 heavy (non-hydrogen) atoms. The van der Waals surface area contributed by atoms with E-state index in [0.29, 0.717) is 18.4 Å². The zero-order chi connectivity index (χ0) is 15.1. The van der Waals surface area contributed by atoms with E-state index >= 15 is 0 Å². The number of aromatic amines is 1. The maximum Gasteiger partial charge on any atom is 0.260 e. The van der Waals surface area contributed by atoms with E-state index in [1.54, 1.807) is 17.0 Å². The van der Waals surface area contributed by atoms with Crippen molar-refractivity contribution in [3.63, 3.8) is 0 Å². The number of hydrogen-bond donors (Lipinski definition) is 1. The minimum absolute atomic E-state index is 0.149. The van der Waals surface area contributed by atoms with Gasteiger partial charge in [-0.1, -0.05) is 5.16 Å². The van der Waals surface area contributed by atoms with E-state index in [9.17, 15) is 9.59 Å². The summed E-state index contributed by atoms with van der Waals surface area (Å²) in [6.07, 6.45) is 5.36. The minimum atomic E-state index is -0.373. The van der Waals surface area contributed by atoms with E-state index in [-0.39, 0.29) is 23.1 Å². The highest BCUT2D eigenvalue weighted by Crippen LogP contribution is 2.39. The van der Waals surface area contributed by atoms with Crippen LogP contribution in [-0.4, -0.2) is 32.5 Å². The lowest BCUT2D eigenvalue weighted by Gasteiger charge is -2.21. The summed E-state index contributed by atoms with van der Waals surface area (Å²) in [7, 11) is 0. The molecule has 1 unspecified atom stereocenters. The van der Waals surface area contributed by atoms with Gasteiger partial charge in [-0.15, -0.1) is 0 Å². The van der Waals surface area contributed by atoms with Gasteiger partial charge in [-0.3, -0.25) is 9.59 Å². The van der Waals surface area contributed by atoms with E-state index < -0.39 is 0 Å². The number of H-pyrrole nitrogens is 1. The molecule has 3 heterocycles. The van der Waals surface area contributed by atoms with Crippen LogP contribution in [0.15, 0.2) is 27.6 Å². The average molecular weight is 300 g/mol. The summed E-state index contributed by atoms with van der Waals surface area (Å²) in [6, 6.07) is 2.96. The van der Waals surface area contributed by atoms with Crippen LogP contribution in [0.2, 0.25) is 0 Å². The summed E-state index contributed by atoms with van der Waals surface area (Å²) < 4.78 is 5.36. The highest BCUT2D eigenvalue weighted by atomic mass is 16.5. The second kappa shape index (κ2) is 5.08. The molecule has 1 saturated heterocycles. The topological polar surface area (TPSA) is 92.1 Å². The van der Waals surface area contributed by atoms with E-state index in [1.165, 1.54) is 6.20 Å². The van der Waals surface area contributed by atoms with Crippen LogP contribution in [-0.2, 0) is 0 Å². The fourth-order valence-corrected chi connectivity index (χ4v) is 2.90. The zero-order valence-corrected chi connectivity index (χ0v) is 12.0. The standard InChI is InChI=1S/C15H16N4O3/c20-13-10(3-1-7-16-13)15(21)19-8-2-4-11(19)14-17-12(18-22-14)9-5-6-9/h1,3,7,9,11H,2,4-6,8H2,(H,16,20). The quantitative estimate of drug-likeness (QED) is 0.929. The second-order valence-corrected chi connectivity index (χ2v) is 5.83. The largest absolute Gasteiger partial charge is 0.337 e. The fourth-order valence-electron chi connectivity index (χ4n) is 2.90. The third kappa shape index (κ3) is 2.22. The molecule has 0 radical (unpaired) electrons. The zero-order valence-electron chi connectivity index (χ0n) is 12.0. The first-order valence-electron chi connectivity index (χ1n) is 7.56. The Kier molecular flexibility index (Phi) is 3.06. The Morgan fingerprint density at radius 3 is 3.00 bits per heavy atom. The van der Waals surface area contributed by atoms with Gasteiger partial charge in [0.25, 0.3) is 11.5 Å². The maximum atomic E-state index is 12.6. The van der Waals surface area contributed by atoms with Crippen molar-refractivity contribution in [3.8, 4) is 0 Å². The average Bonchev–Trinajstić information content (AvgIpc) is 3.07. The van der Waals surface area contributed by atoms with Crippen LogP contribution in [0.3, 0.4) is 0 Å². The number of pyridine rings is 1. The number of amides is 1. The maximum absolute atomic E-state index is 12.6. The van der Waals surface area contributed by atoms with Crippen molar-refractivity contribution in [2.75, 3.05) is 6.54 Å². The summed E-state index contributed by atoms with van der Waals surface area (Å²) in [5.74, 6) is 1.36. The van der Waals surface area contributed by atoms with Crippen LogP contribution in [0, 0.1) is 0 Å². The van der Waals surface area contributed by atoms with Crippen molar-refractivity contribution < 1.29 is 9.32 Å². The number of nitrogens with one attached hydrogen (secondary N) is 1. The van der Waals surface area contributed by atoms with Crippen molar-refractivity contribution in [2.24, 2.45) is 0 Å². The number of hydrogen-bond acceptors (Lipinski definition) is 5. The summed E-state index contributed by atoms with van der Waals surface area (Å²) in [5.41, 5.74) is -0.223. The van der Waals surface area contributed by atoms with Gasteiger partial charge in [0.05, 0.1) is 0 Å². The lowest BCUT2D eigenvalue weighted by atomic mass is 10.2. The molecule has 1 atom stereocenters. The number of rotatable bonds is 3. The Morgan fingerprint density at radius 2 is 2.23 bits per heavy atom. The number of carbonyl (C=O) groups excluding carboxylic acids is 1. The number of aromatic nitrogens is 3. The molecule has 1 saturated carbocycles. The molecule has 1 N–H and O–H groups in total. The molecule has 7 nitrogen and oxygen atoms in total. The Morgan fingerprint density at radius 1 is 1.36 bits per heavy atom. The summed E-state index contributed by atoms with van der Waals surface area (Å²) in [6.45, 7) is 0.596. The summed E-state index contributed by atoms with van der Waals surface area (Å²) in [4.78, 5) is 33.1. The smallest absolute Gasteiger partial charge is 0.260 e. The molecular formula is C15H16N4O3. The number of likely N-dealkylation sites (tertiary alicyclic amines) is 1. The molecule has 2 aromatic heterocycles. The molecule has 2 aromatic rings. The molecule has 0 spiro atoms. The van der Waals surface area contributed by atoms with Gasteiger partial charge in [0.1, 0.15) is 11.6 Å². The summed E-state index contributed by atoms with van der Waals surface area (Å²) >= 11 is 0. The third-order valence-corrected chi connectivity index (χ3v) is 4.25. The molecule has 2 fully saturated rings. The van der Waals surface area contributed by atoms with Crippen LogP contribution in [0.1, 0.15) is 59.7 Å². The molecule has 1 aliphatic carbocycles. The van der Waals surface area contributed by atoms with Gasteiger partial charge in [-0.05, 0) is 37.8 Å². The third-order valence-electron chi connectivity index (χ3n) is 4.25. The highest BCUT2D eigenvalue weighted by Gasteiger charge is 2.37. The van der Waals surface area contributed by atoms with E-state index in [2.05, 4.69) is 15.1 Å². The van der Waals surface area contributed by atoms with Gasteiger partial charge in [0.15, 0.2) is 5.82 Å². The van der Waals surface area contributed by atoms with Crippen molar-refractivity contribution in [1.29, 1.82) is 0 Å². The van der Waals surface area contributed by atoms with E-state index in [1.807, 2.05) is 0 Å². The first-order valence-corrected chi connectivity index (χ1v) is 7.56. The molecule has 2 aliphatic rings. The van der Waals surface area contributed by atoms with Crippen LogP contribution < -0.4 is 5.56 Å². The van der Waals surface area contributed by atoms with Gasteiger partial charge >= 0.3 is 0 Å². The lowest BCUT2D eigenvalue weighted by molar-refractivity contribution is 0.0708. The molecule has 1 amide bonds. The molecule has 0 bridgehead atoms. The second-order valence-electron chi connectivity index (χ2n) is 5.83. The molecular weight excluding hydrogens is 284 g/mol. The van der Waals surface area contributed by atoms with E-state index in [4.69, 9.17) is 4.52 Å². The van der Waals surface area contributed by atoms with Crippen molar-refractivity contribution >= 4 is 5.91 Å². The molecule has 0 aromatic carbocycles. The van der Waals surface area contributed by atoms with Crippen molar-refractivity contribution in [3.05, 3.63) is 46.0 Å². The van der Waals surface area contributed by atoms with Crippen LogP contribution in [0.5, 0.6) is 0 Å². The predicted octanol–water partition coefficient (Wildman–Crippen LogP) is 1.61. The lowest BCUT2D eigenvalue weighted by Crippen LogP contribution is -2.34. The van der Waals surface area contributed by atoms with Crippen LogP contribution in [0.25, 0.3) is 0 Å². The van der Waals surface area contributed by atoms with Crippen molar-refractivity contribution in [2.45, 2.75) is 37.6 Å². The Labute approximate surface area is 126 Å². The Hall–Kier alpha value is -2.44. The first kappa shape index (κ1) is 13.2. The van der Waals surface area contributed by atoms with Crippen LogP contribution >= 0.6 is 0 Å². The van der Waals surface area contributed by atoms with Gasteiger partial charge < -0.3 is 14.4 Å². The molecule has 7 heteroatoms. The Balaban J connectivity index is 1.61. The predicted molar refractivity (Wildman–Crippen MR) is 76.3 cm³/mol. The van der Waals surface area contributed by atoms with Gasteiger partial charge in [0, 0.05) is 18.7 Å². The Bertz CT molecular complexity index is 762. The fraction of sp³-hybridized carbons (Fsp3) is 0.467.